The van der Waals surface area contributed by atoms with Crippen LogP contribution < -0.4 is 0 Å². The summed E-state index contributed by atoms with van der Waals surface area (Å²) in [5.74, 6) is 0.278. The highest BCUT2D eigenvalue weighted by molar-refractivity contribution is 5.73. The van der Waals surface area contributed by atoms with Gasteiger partial charge in [0, 0.05) is 38.6 Å². The van der Waals surface area contributed by atoms with Crippen LogP contribution in [0.3, 0.4) is 0 Å². The highest BCUT2D eigenvalue weighted by atomic mass is 16.2. The van der Waals surface area contributed by atoms with E-state index in [1.54, 1.807) is 6.92 Å². The Morgan fingerprint density at radius 1 is 0.957 bits per heavy atom. The number of piperidine rings is 2. The van der Waals surface area contributed by atoms with E-state index in [4.69, 9.17) is 0 Å². The minimum absolute atomic E-state index is 0.278. The summed E-state index contributed by atoms with van der Waals surface area (Å²) < 4.78 is 0. The van der Waals surface area contributed by atoms with Gasteiger partial charge in [0.2, 0.25) is 5.91 Å². The standard InChI is InChI=1S/C19H35N3O/c1-17(23)22(15-14-20-11-5-2-6-12-20)19-10-7-13-21(16-19)18-8-3-4-9-18/h18-19H,2-16H2,1H3. The quantitative estimate of drug-likeness (QED) is 0.779. The van der Waals surface area contributed by atoms with E-state index in [9.17, 15) is 4.79 Å². The van der Waals surface area contributed by atoms with Crippen LogP contribution in [0.5, 0.6) is 0 Å². The monoisotopic (exact) mass is 321 g/mol. The predicted molar refractivity (Wildman–Crippen MR) is 94.5 cm³/mol. The van der Waals surface area contributed by atoms with Gasteiger partial charge < -0.3 is 9.80 Å². The van der Waals surface area contributed by atoms with Gasteiger partial charge in [0.1, 0.15) is 0 Å². The molecule has 1 unspecified atom stereocenters. The van der Waals surface area contributed by atoms with Crippen LogP contribution in [0.4, 0.5) is 0 Å². The van der Waals surface area contributed by atoms with Crippen molar-refractivity contribution in [1.29, 1.82) is 0 Å². The van der Waals surface area contributed by atoms with Gasteiger partial charge in [-0.25, -0.2) is 0 Å². The molecule has 1 aliphatic carbocycles. The van der Waals surface area contributed by atoms with Crippen LogP contribution in [-0.4, -0.2) is 72.0 Å². The van der Waals surface area contributed by atoms with Gasteiger partial charge in [-0.2, -0.15) is 0 Å². The Hall–Kier alpha value is -0.610. The van der Waals surface area contributed by atoms with Crippen molar-refractivity contribution in [2.24, 2.45) is 0 Å². The molecule has 4 heteroatoms. The summed E-state index contributed by atoms with van der Waals surface area (Å²) in [6.07, 6.45) is 12.1. The number of hydrogen-bond acceptors (Lipinski definition) is 3. The van der Waals surface area contributed by atoms with Crippen molar-refractivity contribution >= 4 is 5.91 Å². The Morgan fingerprint density at radius 2 is 1.70 bits per heavy atom. The van der Waals surface area contributed by atoms with Crippen molar-refractivity contribution in [1.82, 2.24) is 14.7 Å². The maximum absolute atomic E-state index is 12.2. The molecular formula is C19H35N3O. The van der Waals surface area contributed by atoms with Crippen molar-refractivity contribution in [2.75, 3.05) is 39.3 Å². The maximum atomic E-state index is 12.2. The van der Waals surface area contributed by atoms with Crippen molar-refractivity contribution in [3.63, 3.8) is 0 Å². The van der Waals surface area contributed by atoms with Crippen LogP contribution >= 0.6 is 0 Å². The van der Waals surface area contributed by atoms with Gasteiger partial charge in [0.15, 0.2) is 0 Å². The van der Waals surface area contributed by atoms with Crippen LogP contribution in [0.25, 0.3) is 0 Å². The second-order valence-electron chi connectivity index (χ2n) is 7.84. The number of carbonyl (C=O) groups is 1. The lowest BCUT2D eigenvalue weighted by atomic mass is 10.0. The molecule has 1 saturated carbocycles. The minimum Gasteiger partial charge on any atom is -0.337 e. The molecular weight excluding hydrogens is 286 g/mol. The fourth-order valence-corrected chi connectivity index (χ4v) is 4.87. The van der Waals surface area contributed by atoms with E-state index >= 15 is 0 Å². The van der Waals surface area contributed by atoms with Gasteiger partial charge in [-0.15, -0.1) is 0 Å². The first-order valence-electron chi connectivity index (χ1n) is 9.97. The van der Waals surface area contributed by atoms with Crippen LogP contribution in [0.1, 0.15) is 64.7 Å². The number of rotatable bonds is 5. The molecule has 0 spiro atoms. The first kappa shape index (κ1) is 17.2. The van der Waals surface area contributed by atoms with Crippen molar-refractivity contribution in [3.05, 3.63) is 0 Å². The van der Waals surface area contributed by atoms with Crippen LogP contribution in [-0.2, 0) is 4.79 Å². The summed E-state index contributed by atoms with van der Waals surface area (Å²) in [4.78, 5) is 19.7. The molecule has 2 saturated heterocycles. The van der Waals surface area contributed by atoms with Gasteiger partial charge >= 0.3 is 0 Å². The molecule has 23 heavy (non-hydrogen) atoms. The minimum atomic E-state index is 0.278. The first-order valence-corrected chi connectivity index (χ1v) is 9.97. The fraction of sp³-hybridized carbons (Fsp3) is 0.947. The average molecular weight is 322 g/mol. The van der Waals surface area contributed by atoms with Crippen molar-refractivity contribution < 1.29 is 4.79 Å². The number of carbonyl (C=O) groups excluding carboxylic acids is 1. The van der Waals surface area contributed by atoms with E-state index in [1.807, 2.05) is 0 Å². The molecule has 2 heterocycles. The highest BCUT2D eigenvalue weighted by Gasteiger charge is 2.31. The zero-order valence-corrected chi connectivity index (χ0v) is 15.0. The summed E-state index contributed by atoms with van der Waals surface area (Å²) in [6, 6.07) is 1.25. The molecule has 3 rings (SSSR count). The number of nitrogens with zero attached hydrogens (tertiary/aromatic N) is 3. The van der Waals surface area contributed by atoms with E-state index < -0.39 is 0 Å². The average Bonchev–Trinajstić information content (AvgIpc) is 3.10. The van der Waals surface area contributed by atoms with Gasteiger partial charge in [-0.1, -0.05) is 19.3 Å². The molecule has 0 N–H and O–H groups in total. The Labute approximate surface area is 142 Å². The zero-order chi connectivity index (χ0) is 16.1. The highest BCUT2D eigenvalue weighted by Crippen LogP contribution is 2.27. The van der Waals surface area contributed by atoms with E-state index in [-0.39, 0.29) is 5.91 Å². The van der Waals surface area contributed by atoms with Crippen LogP contribution in [0.15, 0.2) is 0 Å². The number of hydrogen-bond donors (Lipinski definition) is 0. The molecule has 2 aliphatic heterocycles. The second kappa shape index (κ2) is 8.48. The van der Waals surface area contributed by atoms with Crippen LogP contribution in [0.2, 0.25) is 0 Å². The Morgan fingerprint density at radius 3 is 2.39 bits per heavy atom. The number of amides is 1. The maximum Gasteiger partial charge on any atom is 0.219 e. The van der Waals surface area contributed by atoms with Gasteiger partial charge in [-0.05, 0) is 58.2 Å². The largest absolute Gasteiger partial charge is 0.337 e. The zero-order valence-electron chi connectivity index (χ0n) is 15.0. The molecule has 3 fully saturated rings. The van der Waals surface area contributed by atoms with Crippen molar-refractivity contribution in [3.8, 4) is 0 Å². The normalized spacial score (nSPS) is 28.1. The third-order valence-corrected chi connectivity index (χ3v) is 6.22. The fourth-order valence-electron chi connectivity index (χ4n) is 4.87. The molecule has 0 aromatic carbocycles. The summed E-state index contributed by atoms with van der Waals surface area (Å²) >= 11 is 0. The Bertz CT molecular complexity index is 375. The number of likely N-dealkylation sites (tertiary alicyclic amines) is 2. The lowest BCUT2D eigenvalue weighted by Crippen LogP contribution is -2.53. The topological polar surface area (TPSA) is 26.8 Å². The molecule has 1 amide bonds. The summed E-state index contributed by atoms with van der Waals surface area (Å²) in [7, 11) is 0. The summed E-state index contributed by atoms with van der Waals surface area (Å²) in [5, 5.41) is 0. The van der Waals surface area contributed by atoms with E-state index in [2.05, 4.69) is 14.7 Å². The molecule has 4 nitrogen and oxygen atoms in total. The van der Waals surface area contributed by atoms with E-state index in [0.29, 0.717) is 6.04 Å². The molecule has 0 aromatic heterocycles. The smallest absolute Gasteiger partial charge is 0.219 e. The SMILES string of the molecule is CC(=O)N(CCN1CCCCC1)C1CCCN(C2CCCC2)C1. The van der Waals surface area contributed by atoms with Gasteiger partial charge in [0.05, 0.1) is 0 Å². The Balaban J connectivity index is 1.52. The van der Waals surface area contributed by atoms with Gasteiger partial charge in [-0.3, -0.25) is 9.69 Å². The molecule has 3 aliphatic rings. The lowest BCUT2D eigenvalue weighted by Gasteiger charge is -2.42. The molecule has 0 aromatic rings. The Kier molecular flexibility index (Phi) is 6.35. The van der Waals surface area contributed by atoms with E-state index in [0.717, 1.165) is 25.7 Å². The summed E-state index contributed by atoms with van der Waals surface area (Å²) in [6.45, 7) is 8.58. The molecule has 0 bridgehead atoms. The first-order chi connectivity index (χ1) is 11.2. The lowest BCUT2D eigenvalue weighted by molar-refractivity contribution is -0.132. The third-order valence-electron chi connectivity index (χ3n) is 6.22. The van der Waals surface area contributed by atoms with Crippen molar-refractivity contribution in [2.45, 2.75) is 76.8 Å². The predicted octanol–water partition coefficient (Wildman–Crippen LogP) is 2.73. The van der Waals surface area contributed by atoms with Crippen LogP contribution in [0, 0.1) is 0 Å². The molecule has 1 atom stereocenters. The van der Waals surface area contributed by atoms with E-state index in [1.165, 1.54) is 77.4 Å². The summed E-state index contributed by atoms with van der Waals surface area (Å²) in [5.41, 5.74) is 0. The third kappa shape index (κ3) is 4.69. The van der Waals surface area contributed by atoms with Gasteiger partial charge in [0.25, 0.3) is 0 Å². The molecule has 0 radical (unpaired) electrons. The molecule has 132 valence electrons. The second-order valence-corrected chi connectivity index (χ2v) is 7.84.